The number of benzene rings is 2. The van der Waals surface area contributed by atoms with Gasteiger partial charge in [0.1, 0.15) is 17.6 Å². The third-order valence-corrected chi connectivity index (χ3v) is 4.05. The molecule has 1 aliphatic heterocycles. The van der Waals surface area contributed by atoms with Crippen LogP contribution in [0, 0.1) is 0 Å². The van der Waals surface area contributed by atoms with Crippen LogP contribution >= 0.6 is 0 Å². The van der Waals surface area contributed by atoms with Gasteiger partial charge in [0.15, 0.2) is 0 Å². The maximum Gasteiger partial charge on any atom is 0.490 e. The number of carboxylic acids is 1. The molecule has 0 atom stereocenters. The number of carboxylic acid groups (broad SMARTS) is 1. The Kier molecular flexibility index (Phi) is 8.23. The zero-order valence-corrected chi connectivity index (χ0v) is 16.2. The summed E-state index contributed by atoms with van der Waals surface area (Å²) in [5.41, 5.74) is 1.76. The first-order valence-corrected chi connectivity index (χ1v) is 9.27. The molecule has 1 heterocycles. The number of alkyl halides is 3. The number of carbonyl (C=O) groups excluding carboxylic acids is 1. The first kappa shape index (κ1) is 23.2. The average Bonchev–Trinajstić information content (AvgIpc) is 2.67. The lowest BCUT2D eigenvalue weighted by Crippen LogP contribution is -2.50. The molecule has 0 aromatic heterocycles. The van der Waals surface area contributed by atoms with Crippen LogP contribution in [0.3, 0.4) is 0 Å². The smallest absolute Gasteiger partial charge is 0.488 e. The largest absolute Gasteiger partial charge is 0.490 e. The SMILES string of the molecule is CCCc1ccc(OC(=O)c2ccc(OC3CNC3)cc2)cc1.O=C(O)C(F)(F)F. The molecule has 9 heteroatoms. The summed E-state index contributed by atoms with van der Waals surface area (Å²) in [6.45, 7) is 3.89. The summed E-state index contributed by atoms with van der Waals surface area (Å²) in [5, 5.41) is 10.3. The Morgan fingerprint density at radius 1 is 1.03 bits per heavy atom. The van der Waals surface area contributed by atoms with Gasteiger partial charge in [-0.15, -0.1) is 0 Å². The lowest BCUT2D eigenvalue weighted by atomic mass is 10.1. The van der Waals surface area contributed by atoms with Crippen LogP contribution in [-0.2, 0) is 11.2 Å². The van der Waals surface area contributed by atoms with E-state index < -0.39 is 12.1 Å². The molecule has 1 saturated heterocycles. The number of halogens is 3. The van der Waals surface area contributed by atoms with Gasteiger partial charge in [-0.1, -0.05) is 25.5 Å². The molecule has 3 rings (SSSR count). The summed E-state index contributed by atoms with van der Waals surface area (Å²) in [4.78, 5) is 21.0. The Hall–Kier alpha value is -3.07. The zero-order valence-electron chi connectivity index (χ0n) is 16.2. The molecule has 0 amide bonds. The van der Waals surface area contributed by atoms with Gasteiger partial charge < -0.3 is 19.9 Å². The van der Waals surface area contributed by atoms with Gasteiger partial charge in [0.2, 0.25) is 0 Å². The third-order valence-electron chi connectivity index (χ3n) is 4.05. The number of ether oxygens (including phenoxy) is 2. The molecule has 1 fully saturated rings. The molecule has 162 valence electrons. The fraction of sp³-hybridized carbons (Fsp3) is 0.333. The highest BCUT2D eigenvalue weighted by Crippen LogP contribution is 2.18. The van der Waals surface area contributed by atoms with E-state index >= 15 is 0 Å². The Balaban J connectivity index is 0.000000396. The number of rotatable bonds is 6. The Bertz CT molecular complexity index is 831. The Morgan fingerprint density at radius 2 is 1.57 bits per heavy atom. The molecular weight excluding hydrogens is 403 g/mol. The van der Waals surface area contributed by atoms with Crippen LogP contribution in [0.4, 0.5) is 13.2 Å². The Morgan fingerprint density at radius 3 is 2.00 bits per heavy atom. The number of esters is 1. The molecule has 0 bridgehead atoms. The lowest BCUT2D eigenvalue weighted by Gasteiger charge is -2.27. The minimum Gasteiger partial charge on any atom is -0.488 e. The zero-order chi connectivity index (χ0) is 22.1. The number of aliphatic carboxylic acids is 1. The summed E-state index contributed by atoms with van der Waals surface area (Å²) >= 11 is 0. The van der Waals surface area contributed by atoms with Crippen molar-refractivity contribution in [2.24, 2.45) is 0 Å². The van der Waals surface area contributed by atoms with Gasteiger partial charge in [0.25, 0.3) is 0 Å². The minimum atomic E-state index is -5.08. The van der Waals surface area contributed by atoms with Crippen molar-refractivity contribution in [3.63, 3.8) is 0 Å². The normalized spacial score (nSPS) is 13.5. The Labute approximate surface area is 171 Å². The van der Waals surface area contributed by atoms with Crippen LogP contribution in [0.5, 0.6) is 11.5 Å². The van der Waals surface area contributed by atoms with E-state index in [-0.39, 0.29) is 12.1 Å². The molecule has 0 spiro atoms. The van der Waals surface area contributed by atoms with Crippen LogP contribution in [0.15, 0.2) is 48.5 Å². The molecule has 1 aliphatic rings. The molecule has 0 aliphatic carbocycles. The third kappa shape index (κ3) is 7.40. The number of hydrogen-bond acceptors (Lipinski definition) is 5. The van der Waals surface area contributed by atoms with Crippen LogP contribution in [0.1, 0.15) is 29.3 Å². The summed E-state index contributed by atoms with van der Waals surface area (Å²) in [6, 6.07) is 14.7. The van der Waals surface area contributed by atoms with Crippen molar-refractivity contribution in [3.05, 3.63) is 59.7 Å². The van der Waals surface area contributed by atoms with Gasteiger partial charge in [-0.25, -0.2) is 9.59 Å². The van der Waals surface area contributed by atoms with Crippen molar-refractivity contribution in [2.45, 2.75) is 32.0 Å². The molecule has 2 N–H and O–H groups in total. The monoisotopic (exact) mass is 425 g/mol. The minimum absolute atomic E-state index is 0.231. The van der Waals surface area contributed by atoms with Gasteiger partial charge in [-0.05, 0) is 48.4 Å². The quantitative estimate of drug-likeness (QED) is 0.540. The van der Waals surface area contributed by atoms with E-state index in [2.05, 4.69) is 12.2 Å². The first-order chi connectivity index (χ1) is 14.2. The van der Waals surface area contributed by atoms with E-state index in [1.165, 1.54) is 5.56 Å². The maximum atomic E-state index is 12.2. The van der Waals surface area contributed by atoms with E-state index in [9.17, 15) is 18.0 Å². The predicted octanol–water partition coefficient (Wildman–Crippen LogP) is 3.84. The van der Waals surface area contributed by atoms with Gasteiger partial charge in [-0.2, -0.15) is 13.2 Å². The molecule has 0 radical (unpaired) electrons. The summed E-state index contributed by atoms with van der Waals surface area (Å²) in [5.74, 6) is -1.77. The van der Waals surface area contributed by atoms with Gasteiger partial charge in [0.05, 0.1) is 5.56 Å². The number of aryl methyl sites for hydroxylation is 1. The first-order valence-electron chi connectivity index (χ1n) is 9.27. The number of hydrogen-bond donors (Lipinski definition) is 2. The highest BCUT2D eigenvalue weighted by molar-refractivity contribution is 5.91. The van der Waals surface area contributed by atoms with Gasteiger partial charge in [0, 0.05) is 13.1 Å². The molecule has 0 unspecified atom stereocenters. The van der Waals surface area contributed by atoms with Crippen molar-refractivity contribution < 1.29 is 37.3 Å². The maximum absolute atomic E-state index is 12.2. The summed E-state index contributed by atoms with van der Waals surface area (Å²) in [7, 11) is 0. The van der Waals surface area contributed by atoms with Crippen molar-refractivity contribution in [1.29, 1.82) is 0 Å². The van der Waals surface area contributed by atoms with E-state index in [1.54, 1.807) is 24.3 Å². The topological polar surface area (TPSA) is 84.9 Å². The summed E-state index contributed by atoms with van der Waals surface area (Å²) in [6.07, 6.45) is -2.72. The van der Waals surface area contributed by atoms with Crippen molar-refractivity contribution >= 4 is 11.9 Å². The van der Waals surface area contributed by atoms with Crippen molar-refractivity contribution in [3.8, 4) is 11.5 Å². The number of nitrogens with one attached hydrogen (secondary N) is 1. The van der Waals surface area contributed by atoms with Crippen LogP contribution in [0.25, 0.3) is 0 Å². The van der Waals surface area contributed by atoms with E-state index in [4.69, 9.17) is 19.4 Å². The lowest BCUT2D eigenvalue weighted by molar-refractivity contribution is -0.192. The molecule has 2 aromatic rings. The molecule has 2 aromatic carbocycles. The fourth-order valence-electron chi connectivity index (χ4n) is 2.39. The van der Waals surface area contributed by atoms with E-state index in [1.807, 2.05) is 24.3 Å². The van der Waals surface area contributed by atoms with Crippen LogP contribution in [0.2, 0.25) is 0 Å². The van der Waals surface area contributed by atoms with E-state index in [0.717, 1.165) is 31.7 Å². The highest BCUT2D eigenvalue weighted by atomic mass is 19.4. The average molecular weight is 425 g/mol. The second-order valence-corrected chi connectivity index (χ2v) is 6.51. The molecule has 0 saturated carbocycles. The number of carbonyl (C=O) groups is 2. The molecular formula is C21H22F3NO5. The fourth-order valence-corrected chi connectivity index (χ4v) is 2.39. The van der Waals surface area contributed by atoms with Crippen LogP contribution < -0.4 is 14.8 Å². The predicted molar refractivity (Wildman–Crippen MR) is 103 cm³/mol. The van der Waals surface area contributed by atoms with E-state index in [0.29, 0.717) is 11.3 Å². The highest BCUT2D eigenvalue weighted by Gasteiger charge is 2.38. The van der Waals surface area contributed by atoms with Gasteiger partial charge >= 0.3 is 18.1 Å². The van der Waals surface area contributed by atoms with Crippen molar-refractivity contribution in [2.75, 3.05) is 13.1 Å². The molecule has 30 heavy (non-hydrogen) atoms. The van der Waals surface area contributed by atoms with Crippen LogP contribution in [-0.4, -0.2) is 42.4 Å². The summed E-state index contributed by atoms with van der Waals surface area (Å²) < 4.78 is 42.9. The van der Waals surface area contributed by atoms with Crippen molar-refractivity contribution in [1.82, 2.24) is 5.32 Å². The molecule has 6 nitrogen and oxygen atoms in total. The second kappa shape index (κ2) is 10.6. The second-order valence-electron chi connectivity index (χ2n) is 6.51. The standard InChI is InChI=1S/C19H21NO3.C2HF3O2/c1-2-3-14-4-8-17(9-5-14)23-19(21)15-6-10-16(11-7-15)22-18-12-20-13-18;3-2(4,5)1(6)7/h4-11,18,20H,2-3,12-13H2,1H3;(H,6,7). The van der Waals surface area contributed by atoms with Gasteiger partial charge in [-0.3, -0.25) is 0 Å².